The number of rotatable bonds is 8. The summed E-state index contributed by atoms with van der Waals surface area (Å²) in [4.78, 5) is 11.7. The Morgan fingerprint density at radius 2 is 1.81 bits per heavy atom. The molecule has 0 aliphatic rings. The summed E-state index contributed by atoms with van der Waals surface area (Å²) in [5, 5.41) is 9.37. The topological polar surface area (TPSA) is 57.0 Å². The van der Waals surface area contributed by atoms with Gasteiger partial charge in [-0.3, -0.25) is 4.79 Å². The van der Waals surface area contributed by atoms with E-state index in [0.717, 1.165) is 35.3 Å². The van der Waals surface area contributed by atoms with Gasteiger partial charge in [-0.25, -0.2) is 0 Å². The van der Waals surface area contributed by atoms with Crippen LogP contribution < -0.4 is 4.74 Å². The molecule has 1 atom stereocenters. The third-order valence-electron chi connectivity index (χ3n) is 4.39. The van der Waals surface area contributed by atoms with E-state index in [1.54, 1.807) is 14.0 Å². The lowest BCUT2D eigenvalue weighted by atomic mass is 10.1. The highest BCUT2D eigenvalue weighted by atomic mass is 32.2. The van der Waals surface area contributed by atoms with Crippen molar-refractivity contribution in [2.75, 3.05) is 7.11 Å². The first-order valence-corrected chi connectivity index (χ1v) is 9.75. The van der Waals surface area contributed by atoms with Gasteiger partial charge < -0.3 is 9.30 Å². The number of benzene rings is 2. The number of aryl methyl sites for hydroxylation is 1. The molecule has 2 aromatic carbocycles. The van der Waals surface area contributed by atoms with E-state index in [9.17, 15) is 4.79 Å². The fraction of sp³-hybridized carbons (Fsp3) is 0.286. The molecule has 0 fully saturated rings. The summed E-state index contributed by atoms with van der Waals surface area (Å²) in [6.45, 7) is 4.24. The molecule has 0 saturated heterocycles. The first-order valence-electron chi connectivity index (χ1n) is 8.87. The van der Waals surface area contributed by atoms with E-state index in [0.29, 0.717) is 0 Å². The molecule has 1 heterocycles. The Bertz CT molecular complexity index is 892. The quantitative estimate of drug-likeness (QED) is 0.546. The first-order chi connectivity index (χ1) is 13.1. The zero-order valence-corrected chi connectivity index (χ0v) is 16.6. The number of carbonyl (C=O) groups excluding carboxylic acids is 1. The van der Waals surface area contributed by atoms with Crippen molar-refractivity contribution < 1.29 is 9.53 Å². The Balaban J connectivity index is 1.91. The Hall–Kier alpha value is -2.60. The van der Waals surface area contributed by atoms with E-state index < -0.39 is 0 Å². The first kappa shape index (κ1) is 19.2. The third-order valence-corrected chi connectivity index (χ3v) is 5.58. The van der Waals surface area contributed by atoms with Gasteiger partial charge in [0.2, 0.25) is 0 Å². The predicted octanol–water partition coefficient (Wildman–Crippen LogP) is 4.27. The van der Waals surface area contributed by atoms with Crippen molar-refractivity contribution in [3.05, 3.63) is 60.2 Å². The maximum absolute atomic E-state index is 11.7. The number of thioether (sulfide) groups is 1. The molecule has 0 saturated carbocycles. The lowest BCUT2D eigenvalue weighted by Crippen LogP contribution is -2.11. The molecule has 27 heavy (non-hydrogen) atoms. The molecule has 3 aromatic rings. The normalized spacial score (nSPS) is 12.0. The van der Waals surface area contributed by atoms with Crippen LogP contribution in [0.1, 0.15) is 19.4 Å². The van der Waals surface area contributed by atoms with Gasteiger partial charge in [-0.1, -0.05) is 42.1 Å². The van der Waals surface area contributed by atoms with Crippen LogP contribution in [0.15, 0.2) is 59.8 Å². The fourth-order valence-electron chi connectivity index (χ4n) is 2.66. The van der Waals surface area contributed by atoms with Crippen molar-refractivity contribution >= 4 is 17.5 Å². The van der Waals surface area contributed by atoms with Gasteiger partial charge in [0, 0.05) is 12.1 Å². The molecule has 0 N–H and O–H groups in total. The van der Waals surface area contributed by atoms with Crippen LogP contribution in [0.4, 0.5) is 0 Å². The van der Waals surface area contributed by atoms with Crippen molar-refractivity contribution in [1.29, 1.82) is 0 Å². The third kappa shape index (κ3) is 4.77. The number of hydrogen-bond acceptors (Lipinski definition) is 5. The number of nitrogens with zero attached hydrogens (tertiary/aromatic N) is 3. The van der Waals surface area contributed by atoms with Crippen molar-refractivity contribution in [2.24, 2.45) is 0 Å². The van der Waals surface area contributed by atoms with Gasteiger partial charge in [0.15, 0.2) is 11.0 Å². The summed E-state index contributed by atoms with van der Waals surface area (Å²) in [5.74, 6) is 1.73. The molecule has 3 rings (SSSR count). The van der Waals surface area contributed by atoms with Gasteiger partial charge in [0.25, 0.3) is 0 Å². The highest BCUT2D eigenvalue weighted by Gasteiger charge is 2.19. The van der Waals surface area contributed by atoms with Crippen molar-refractivity contribution in [2.45, 2.75) is 37.2 Å². The highest BCUT2D eigenvalue weighted by Crippen LogP contribution is 2.28. The van der Waals surface area contributed by atoms with E-state index in [4.69, 9.17) is 4.74 Å². The van der Waals surface area contributed by atoms with Crippen LogP contribution in [-0.2, 0) is 17.8 Å². The smallest absolute Gasteiger partial charge is 0.192 e. The summed E-state index contributed by atoms with van der Waals surface area (Å²) in [5.41, 5.74) is 2.22. The SMILES string of the molecule is COc1ccc(-c2nnc(SC(C)C(C)=O)n2CCc2ccccc2)cc1. The van der Waals surface area contributed by atoms with Gasteiger partial charge >= 0.3 is 0 Å². The van der Waals surface area contributed by atoms with Crippen LogP contribution in [0.5, 0.6) is 5.75 Å². The van der Waals surface area contributed by atoms with E-state index >= 15 is 0 Å². The summed E-state index contributed by atoms with van der Waals surface area (Å²) >= 11 is 1.45. The van der Waals surface area contributed by atoms with Crippen LogP contribution >= 0.6 is 11.8 Å². The monoisotopic (exact) mass is 381 g/mol. The summed E-state index contributed by atoms with van der Waals surface area (Å²) in [7, 11) is 1.65. The number of ketones is 1. The predicted molar refractivity (Wildman–Crippen MR) is 108 cm³/mol. The summed E-state index contributed by atoms with van der Waals surface area (Å²) < 4.78 is 7.34. The minimum Gasteiger partial charge on any atom is -0.497 e. The van der Waals surface area contributed by atoms with Gasteiger partial charge in [-0.15, -0.1) is 10.2 Å². The number of aromatic nitrogens is 3. The number of hydrogen-bond donors (Lipinski definition) is 0. The average Bonchev–Trinajstić information content (AvgIpc) is 3.09. The van der Waals surface area contributed by atoms with Crippen LogP contribution in [-0.4, -0.2) is 32.9 Å². The summed E-state index contributed by atoms with van der Waals surface area (Å²) in [6, 6.07) is 18.1. The minimum atomic E-state index is -0.159. The highest BCUT2D eigenvalue weighted by molar-refractivity contribution is 8.00. The van der Waals surface area contributed by atoms with Crippen molar-refractivity contribution in [1.82, 2.24) is 14.8 Å². The number of Topliss-reactive ketones (excluding diaryl/α,β-unsaturated/α-hetero) is 1. The lowest BCUT2D eigenvalue weighted by Gasteiger charge is -2.12. The largest absolute Gasteiger partial charge is 0.497 e. The molecule has 0 radical (unpaired) electrons. The standard InChI is InChI=1S/C21H23N3O2S/c1-15(25)16(2)27-21-23-22-20(18-9-11-19(26-3)12-10-18)24(21)14-13-17-7-5-4-6-8-17/h4-12,16H,13-14H2,1-3H3. The molecular formula is C21H23N3O2S. The average molecular weight is 382 g/mol. The van der Waals surface area contributed by atoms with Crippen LogP contribution in [0, 0.1) is 0 Å². The molecule has 1 aromatic heterocycles. The molecule has 6 heteroatoms. The molecule has 140 valence electrons. The molecular weight excluding hydrogens is 358 g/mol. The molecule has 1 unspecified atom stereocenters. The van der Waals surface area contributed by atoms with Crippen LogP contribution in [0.25, 0.3) is 11.4 Å². The Morgan fingerprint density at radius 1 is 1.11 bits per heavy atom. The van der Waals surface area contributed by atoms with E-state index in [1.807, 2.05) is 49.4 Å². The van der Waals surface area contributed by atoms with Gasteiger partial charge in [0.05, 0.1) is 12.4 Å². The molecule has 0 amide bonds. The van der Waals surface area contributed by atoms with Crippen molar-refractivity contribution in [3.8, 4) is 17.1 Å². The Labute approximate surface area is 163 Å². The summed E-state index contributed by atoms with van der Waals surface area (Å²) in [6.07, 6.45) is 0.865. The molecule has 0 aliphatic heterocycles. The number of carbonyl (C=O) groups is 1. The second kappa shape index (κ2) is 8.86. The lowest BCUT2D eigenvalue weighted by molar-refractivity contribution is -0.116. The minimum absolute atomic E-state index is 0.128. The second-order valence-electron chi connectivity index (χ2n) is 6.29. The van der Waals surface area contributed by atoms with Crippen LogP contribution in [0.2, 0.25) is 0 Å². The second-order valence-corrected chi connectivity index (χ2v) is 7.60. The van der Waals surface area contributed by atoms with Crippen molar-refractivity contribution in [3.63, 3.8) is 0 Å². The Kier molecular flexibility index (Phi) is 6.29. The molecule has 0 bridgehead atoms. The van der Waals surface area contributed by atoms with Gasteiger partial charge in [-0.2, -0.15) is 0 Å². The maximum Gasteiger partial charge on any atom is 0.192 e. The van der Waals surface area contributed by atoms with E-state index in [1.165, 1.54) is 17.3 Å². The van der Waals surface area contributed by atoms with E-state index in [2.05, 4.69) is 26.9 Å². The fourth-order valence-corrected chi connectivity index (χ4v) is 3.53. The Morgan fingerprint density at radius 3 is 2.44 bits per heavy atom. The van der Waals surface area contributed by atoms with Gasteiger partial charge in [0.1, 0.15) is 11.5 Å². The number of methoxy groups -OCH3 is 1. The zero-order chi connectivity index (χ0) is 19.2. The van der Waals surface area contributed by atoms with Gasteiger partial charge in [-0.05, 0) is 50.1 Å². The molecule has 0 aliphatic carbocycles. The molecule has 0 spiro atoms. The maximum atomic E-state index is 11.7. The van der Waals surface area contributed by atoms with Crippen LogP contribution in [0.3, 0.4) is 0 Å². The number of ether oxygens (including phenoxy) is 1. The molecule has 5 nitrogen and oxygen atoms in total. The zero-order valence-electron chi connectivity index (χ0n) is 15.8. The van der Waals surface area contributed by atoms with E-state index in [-0.39, 0.29) is 11.0 Å².